The lowest BCUT2D eigenvalue weighted by atomic mass is 10.1. The van der Waals surface area contributed by atoms with Crippen LogP contribution < -0.4 is 10.1 Å². The molecule has 0 unspecified atom stereocenters. The first-order valence-electron chi connectivity index (χ1n) is 6.54. The van der Waals surface area contributed by atoms with E-state index in [1.165, 1.54) is 0 Å². The molecule has 0 fully saturated rings. The maximum Gasteiger partial charge on any atom is 0.258 e. The van der Waals surface area contributed by atoms with Crippen molar-refractivity contribution in [3.05, 3.63) is 29.3 Å². The number of aliphatic hydroxyl groups is 1. The van der Waals surface area contributed by atoms with E-state index in [9.17, 15) is 4.79 Å². The molecule has 106 valence electrons. The summed E-state index contributed by atoms with van der Waals surface area (Å²) in [4.78, 5) is 11.7. The normalized spacial score (nSPS) is 12.3. The molecular formula is C15H23NO3. The Hall–Kier alpha value is -1.55. The van der Waals surface area contributed by atoms with Gasteiger partial charge in [-0.05, 0) is 37.0 Å². The van der Waals surface area contributed by atoms with Crippen LogP contribution in [0.1, 0.15) is 25.0 Å². The van der Waals surface area contributed by atoms with E-state index in [0.29, 0.717) is 0 Å². The van der Waals surface area contributed by atoms with E-state index in [1.54, 1.807) is 0 Å². The summed E-state index contributed by atoms with van der Waals surface area (Å²) in [7, 11) is 0. The quantitative estimate of drug-likeness (QED) is 0.825. The van der Waals surface area contributed by atoms with Crippen LogP contribution >= 0.6 is 0 Å². The first-order valence-corrected chi connectivity index (χ1v) is 6.54. The lowest BCUT2D eigenvalue weighted by molar-refractivity contribution is -0.124. The monoisotopic (exact) mass is 265 g/mol. The molecule has 19 heavy (non-hydrogen) atoms. The molecule has 0 radical (unpaired) electrons. The van der Waals surface area contributed by atoms with Crippen LogP contribution in [0.15, 0.2) is 18.2 Å². The lowest BCUT2D eigenvalue weighted by Crippen LogP contribution is -2.43. The fourth-order valence-corrected chi connectivity index (χ4v) is 1.68. The first kappa shape index (κ1) is 15.5. The molecule has 1 rings (SSSR count). The third-order valence-electron chi connectivity index (χ3n) is 3.05. The summed E-state index contributed by atoms with van der Waals surface area (Å²) in [6.45, 7) is 7.73. The number of hydrogen-bond acceptors (Lipinski definition) is 3. The van der Waals surface area contributed by atoms with Crippen LogP contribution in [-0.4, -0.2) is 30.3 Å². The Labute approximate surface area is 114 Å². The van der Waals surface area contributed by atoms with Gasteiger partial charge in [0, 0.05) is 0 Å². The van der Waals surface area contributed by atoms with E-state index in [2.05, 4.69) is 5.32 Å². The van der Waals surface area contributed by atoms with Crippen LogP contribution in [0.3, 0.4) is 0 Å². The highest BCUT2D eigenvalue weighted by atomic mass is 16.5. The maximum absolute atomic E-state index is 11.7. The van der Waals surface area contributed by atoms with E-state index in [-0.39, 0.29) is 31.1 Å². The number of hydrogen-bond donors (Lipinski definition) is 2. The standard InChI is InChI=1S/C15H23NO3/c1-10(2)13(8-17)16-15(18)9-19-14-7-11(3)5-6-12(14)4/h5-7,10,13,17H,8-9H2,1-4H3,(H,16,18)/t13-/m1/s1. The summed E-state index contributed by atoms with van der Waals surface area (Å²) >= 11 is 0. The van der Waals surface area contributed by atoms with Gasteiger partial charge in [-0.15, -0.1) is 0 Å². The summed E-state index contributed by atoms with van der Waals surface area (Å²) < 4.78 is 5.51. The predicted octanol–water partition coefficient (Wildman–Crippen LogP) is 1.82. The molecule has 0 aliphatic carbocycles. The number of aliphatic hydroxyl groups excluding tert-OH is 1. The Morgan fingerprint density at radius 1 is 1.37 bits per heavy atom. The number of rotatable bonds is 6. The van der Waals surface area contributed by atoms with Gasteiger partial charge in [-0.2, -0.15) is 0 Å². The van der Waals surface area contributed by atoms with Gasteiger partial charge in [0.1, 0.15) is 5.75 Å². The molecule has 0 saturated carbocycles. The molecule has 1 amide bonds. The fraction of sp³-hybridized carbons (Fsp3) is 0.533. The van der Waals surface area contributed by atoms with E-state index >= 15 is 0 Å². The smallest absolute Gasteiger partial charge is 0.258 e. The summed E-state index contributed by atoms with van der Waals surface area (Å²) in [6, 6.07) is 5.65. The SMILES string of the molecule is Cc1ccc(C)c(OCC(=O)N[C@H](CO)C(C)C)c1. The Bertz CT molecular complexity index is 429. The molecule has 0 heterocycles. The van der Waals surface area contributed by atoms with E-state index < -0.39 is 0 Å². The van der Waals surface area contributed by atoms with Crippen LogP contribution in [0.4, 0.5) is 0 Å². The third kappa shape index (κ3) is 4.91. The summed E-state index contributed by atoms with van der Waals surface area (Å²) in [6.07, 6.45) is 0. The zero-order valence-corrected chi connectivity index (χ0v) is 12.1. The largest absolute Gasteiger partial charge is 0.483 e. The van der Waals surface area contributed by atoms with Crippen molar-refractivity contribution in [2.24, 2.45) is 5.92 Å². The van der Waals surface area contributed by atoms with Crippen molar-refractivity contribution in [2.75, 3.05) is 13.2 Å². The average molecular weight is 265 g/mol. The number of carbonyl (C=O) groups excluding carboxylic acids is 1. The Morgan fingerprint density at radius 3 is 2.63 bits per heavy atom. The van der Waals surface area contributed by atoms with Crippen LogP contribution in [0.25, 0.3) is 0 Å². The van der Waals surface area contributed by atoms with Gasteiger partial charge in [0.15, 0.2) is 6.61 Å². The van der Waals surface area contributed by atoms with E-state index in [1.807, 2.05) is 45.9 Å². The summed E-state index contributed by atoms with van der Waals surface area (Å²) in [5.41, 5.74) is 2.09. The number of aryl methyl sites for hydroxylation is 2. The van der Waals surface area contributed by atoms with Gasteiger partial charge in [0.25, 0.3) is 5.91 Å². The Balaban J connectivity index is 2.52. The van der Waals surface area contributed by atoms with E-state index in [0.717, 1.165) is 16.9 Å². The minimum Gasteiger partial charge on any atom is -0.483 e. The van der Waals surface area contributed by atoms with Gasteiger partial charge < -0.3 is 15.2 Å². The number of benzene rings is 1. The van der Waals surface area contributed by atoms with Crippen LogP contribution in [-0.2, 0) is 4.79 Å². The van der Waals surface area contributed by atoms with Gasteiger partial charge in [0.05, 0.1) is 12.6 Å². The molecule has 2 N–H and O–H groups in total. The van der Waals surface area contributed by atoms with Gasteiger partial charge in [-0.1, -0.05) is 26.0 Å². The number of carbonyl (C=O) groups is 1. The second kappa shape index (κ2) is 7.14. The van der Waals surface area contributed by atoms with Crippen LogP contribution in [0.5, 0.6) is 5.75 Å². The molecule has 1 aromatic carbocycles. The fourth-order valence-electron chi connectivity index (χ4n) is 1.68. The highest BCUT2D eigenvalue weighted by molar-refractivity contribution is 5.77. The van der Waals surface area contributed by atoms with Crippen molar-refractivity contribution in [1.82, 2.24) is 5.32 Å². The van der Waals surface area contributed by atoms with Crippen LogP contribution in [0, 0.1) is 19.8 Å². The number of nitrogens with one attached hydrogen (secondary N) is 1. The summed E-state index contributed by atoms with van der Waals surface area (Å²) in [5, 5.41) is 11.9. The average Bonchev–Trinajstić information content (AvgIpc) is 2.36. The van der Waals surface area contributed by atoms with Crippen molar-refractivity contribution >= 4 is 5.91 Å². The van der Waals surface area contributed by atoms with Gasteiger partial charge in [0.2, 0.25) is 0 Å². The molecule has 1 atom stereocenters. The van der Waals surface area contributed by atoms with Gasteiger partial charge in [-0.25, -0.2) is 0 Å². The number of amides is 1. The minimum absolute atomic E-state index is 0.0342. The second-order valence-electron chi connectivity index (χ2n) is 5.16. The molecule has 4 nitrogen and oxygen atoms in total. The summed E-state index contributed by atoms with van der Waals surface area (Å²) in [5.74, 6) is 0.698. The van der Waals surface area contributed by atoms with Crippen molar-refractivity contribution in [3.63, 3.8) is 0 Å². The minimum atomic E-state index is -0.227. The topological polar surface area (TPSA) is 58.6 Å². The van der Waals surface area contributed by atoms with E-state index in [4.69, 9.17) is 9.84 Å². The molecule has 4 heteroatoms. The Morgan fingerprint density at radius 2 is 2.05 bits per heavy atom. The molecule has 0 bridgehead atoms. The molecule has 0 spiro atoms. The zero-order valence-electron chi connectivity index (χ0n) is 12.1. The molecule has 0 saturated heterocycles. The highest BCUT2D eigenvalue weighted by Crippen LogP contribution is 2.18. The Kier molecular flexibility index (Phi) is 5.83. The van der Waals surface area contributed by atoms with Crippen molar-refractivity contribution in [3.8, 4) is 5.75 Å². The van der Waals surface area contributed by atoms with Crippen molar-refractivity contribution in [2.45, 2.75) is 33.7 Å². The number of ether oxygens (including phenoxy) is 1. The molecule has 0 aromatic heterocycles. The molecule has 0 aliphatic heterocycles. The molecular weight excluding hydrogens is 242 g/mol. The maximum atomic E-state index is 11.7. The molecule has 1 aromatic rings. The van der Waals surface area contributed by atoms with Gasteiger partial charge in [-0.3, -0.25) is 4.79 Å². The molecule has 0 aliphatic rings. The first-order chi connectivity index (χ1) is 8.93. The zero-order chi connectivity index (χ0) is 14.4. The van der Waals surface area contributed by atoms with Gasteiger partial charge >= 0.3 is 0 Å². The highest BCUT2D eigenvalue weighted by Gasteiger charge is 2.15. The third-order valence-corrected chi connectivity index (χ3v) is 3.05. The van der Waals surface area contributed by atoms with Crippen molar-refractivity contribution in [1.29, 1.82) is 0 Å². The van der Waals surface area contributed by atoms with Crippen molar-refractivity contribution < 1.29 is 14.6 Å². The predicted molar refractivity (Wildman–Crippen MR) is 75.3 cm³/mol. The van der Waals surface area contributed by atoms with Crippen LogP contribution in [0.2, 0.25) is 0 Å². The lowest BCUT2D eigenvalue weighted by Gasteiger charge is -2.20. The second-order valence-corrected chi connectivity index (χ2v) is 5.16.